The zero-order valence-corrected chi connectivity index (χ0v) is 25.0. The van der Waals surface area contributed by atoms with Crippen molar-refractivity contribution in [3.8, 4) is 17.2 Å². The molecule has 0 unspecified atom stereocenters. The quantitative estimate of drug-likeness (QED) is 0.234. The molecule has 1 N–H and O–H groups in total. The number of thioether (sulfide) groups is 1. The fraction of sp³-hybridized carbons (Fsp3) is 0.179. The Kier molecular flexibility index (Phi) is 9.71. The lowest BCUT2D eigenvalue weighted by molar-refractivity contribution is -0.127. The number of benzene rings is 3. The first-order chi connectivity index (χ1) is 18.8. The maximum atomic E-state index is 13.0. The number of rotatable bonds is 10. The number of carbonyl (C=O) groups is 3. The molecule has 0 atom stereocenters. The first-order valence-electron chi connectivity index (χ1n) is 11.8. The minimum atomic E-state index is -0.544. The first kappa shape index (κ1) is 28.7. The van der Waals surface area contributed by atoms with Crippen molar-refractivity contribution in [2.75, 3.05) is 25.6 Å². The van der Waals surface area contributed by atoms with Crippen molar-refractivity contribution in [1.29, 1.82) is 0 Å². The molecule has 0 aromatic heterocycles. The van der Waals surface area contributed by atoms with Crippen LogP contribution in [-0.2, 0) is 16.2 Å². The van der Waals surface area contributed by atoms with Gasteiger partial charge in [0.15, 0.2) is 11.5 Å². The Morgan fingerprint density at radius 3 is 2.41 bits per heavy atom. The van der Waals surface area contributed by atoms with E-state index < -0.39 is 23.6 Å². The standard InChI is InChI=1S/C28H24Br2N2O6S/c1-3-37-21-10-8-20(9-11-21)31-25(33)15-32-27(34)24(39-28(32)35)14-18-12-22(30)26(23(13-18)36-2)38-16-17-4-6-19(29)7-5-17/h4-14H,3,15-16H2,1-2H3,(H,31,33)/b24-14+. The van der Waals surface area contributed by atoms with Crippen LogP contribution in [0.1, 0.15) is 18.1 Å². The van der Waals surface area contributed by atoms with Crippen molar-refractivity contribution >= 4 is 72.4 Å². The van der Waals surface area contributed by atoms with E-state index in [-0.39, 0.29) is 4.91 Å². The van der Waals surface area contributed by atoms with Crippen LogP contribution >= 0.6 is 43.6 Å². The summed E-state index contributed by atoms with van der Waals surface area (Å²) in [6.45, 7) is 2.35. The zero-order valence-electron chi connectivity index (χ0n) is 21.0. The molecule has 1 fully saturated rings. The highest BCUT2D eigenvalue weighted by atomic mass is 79.9. The number of carbonyl (C=O) groups excluding carboxylic acids is 3. The average molecular weight is 676 g/mol. The van der Waals surface area contributed by atoms with Gasteiger partial charge in [0.1, 0.15) is 18.9 Å². The molecule has 1 heterocycles. The molecule has 0 radical (unpaired) electrons. The molecule has 8 nitrogen and oxygen atoms in total. The van der Waals surface area contributed by atoms with E-state index in [4.69, 9.17) is 14.2 Å². The third-order valence-electron chi connectivity index (χ3n) is 5.47. The Hall–Kier alpha value is -3.28. The molecular formula is C28H24Br2N2O6S. The predicted octanol–water partition coefficient (Wildman–Crippen LogP) is 6.87. The molecule has 0 saturated carbocycles. The van der Waals surface area contributed by atoms with Gasteiger partial charge >= 0.3 is 0 Å². The topological polar surface area (TPSA) is 94.2 Å². The summed E-state index contributed by atoms with van der Waals surface area (Å²) in [5.41, 5.74) is 2.14. The number of nitrogens with zero attached hydrogens (tertiary/aromatic N) is 1. The summed E-state index contributed by atoms with van der Waals surface area (Å²) < 4.78 is 18.5. The average Bonchev–Trinajstić information content (AvgIpc) is 3.17. The van der Waals surface area contributed by atoms with Gasteiger partial charge in [0.2, 0.25) is 5.91 Å². The second-order valence-electron chi connectivity index (χ2n) is 8.22. The van der Waals surface area contributed by atoms with Crippen molar-refractivity contribution in [2.24, 2.45) is 0 Å². The van der Waals surface area contributed by atoms with Crippen molar-refractivity contribution in [1.82, 2.24) is 4.90 Å². The van der Waals surface area contributed by atoms with E-state index in [0.717, 1.165) is 26.7 Å². The number of anilines is 1. The fourth-order valence-corrected chi connectivity index (χ4v) is 5.31. The van der Waals surface area contributed by atoms with Gasteiger partial charge in [-0.15, -0.1) is 0 Å². The Bertz CT molecular complexity index is 1410. The minimum absolute atomic E-state index is 0.200. The predicted molar refractivity (Wildman–Crippen MR) is 158 cm³/mol. The highest BCUT2D eigenvalue weighted by molar-refractivity contribution is 9.10. The van der Waals surface area contributed by atoms with Gasteiger partial charge in [-0.05, 0) is 100 Å². The summed E-state index contributed by atoms with van der Waals surface area (Å²) in [6, 6.07) is 18.1. The summed E-state index contributed by atoms with van der Waals surface area (Å²) in [5.74, 6) is 0.620. The largest absolute Gasteiger partial charge is 0.494 e. The van der Waals surface area contributed by atoms with Crippen molar-refractivity contribution in [2.45, 2.75) is 13.5 Å². The number of hydrogen-bond donors (Lipinski definition) is 1. The number of amides is 3. The molecule has 3 amide bonds. The summed E-state index contributed by atoms with van der Waals surface area (Å²) in [6.07, 6.45) is 1.58. The number of halogens is 2. The van der Waals surface area contributed by atoms with Crippen molar-refractivity contribution in [3.05, 3.63) is 85.6 Å². The SMILES string of the molecule is CCOc1ccc(NC(=O)CN2C(=O)S/C(=C/c3cc(Br)c(OCc4ccc(Br)cc4)c(OC)c3)C2=O)cc1. The molecule has 11 heteroatoms. The molecule has 3 aromatic rings. The van der Waals surface area contributed by atoms with E-state index in [9.17, 15) is 14.4 Å². The zero-order chi connectivity index (χ0) is 27.9. The van der Waals surface area contributed by atoms with Crippen LogP contribution in [-0.4, -0.2) is 42.2 Å². The summed E-state index contributed by atoms with van der Waals surface area (Å²) in [4.78, 5) is 39.2. The van der Waals surface area contributed by atoms with Gasteiger partial charge in [0, 0.05) is 10.2 Å². The van der Waals surface area contributed by atoms with Crippen LogP contribution in [0.4, 0.5) is 10.5 Å². The van der Waals surface area contributed by atoms with Crippen LogP contribution in [0.25, 0.3) is 6.08 Å². The lowest BCUT2D eigenvalue weighted by atomic mass is 10.1. The lowest BCUT2D eigenvalue weighted by Crippen LogP contribution is -2.36. The van der Waals surface area contributed by atoms with E-state index in [2.05, 4.69) is 37.2 Å². The second-order valence-corrected chi connectivity index (χ2v) is 11.0. The molecule has 1 saturated heterocycles. The van der Waals surface area contributed by atoms with Crippen LogP contribution in [0.15, 0.2) is 74.5 Å². The van der Waals surface area contributed by atoms with Crippen molar-refractivity contribution in [3.63, 3.8) is 0 Å². The van der Waals surface area contributed by atoms with Crippen LogP contribution in [0, 0.1) is 0 Å². The van der Waals surface area contributed by atoms with Gasteiger partial charge in [-0.3, -0.25) is 19.3 Å². The van der Waals surface area contributed by atoms with E-state index in [1.807, 2.05) is 31.2 Å². The van der Waals surface area contributed by atoms with Gasteiger partial charge < -0.3 is 19.5 Å². The molecule has 39 heavy (non-hydrogen) atoms. The van der Waals surface area contributed by atoms with Crippen LogP contribution in [0.5, 0.6) is 17.2 Å². The summed E-state index contributed by atoms with van der Waals surface area (Å²) in [5, 5.41) is 2.17. The first-order valence-corrected chi connectivity index (χ1v) is 14.2. The minimum Gasteiger partial charge on any atom is -0.494 e. The van der Waals surface area contributed by atoms with Gasteiger partial charge in [-0.1, -0.05) is 28.1 Å². The second kappa shape index (κ2) is 13.2. The van der Waals surface area contributed by atoms with Gasteiger partial charge in [-0.2, -0.15) is 0 Å². The van der Waals surface area contributed by atoms with E-state index in [0.29, 0.717) is 46.2 Å². The molecular weight excluding hydrogens is 652 g/mol. The molecule has 4 rings (SSSR count). The third-order valence-corrected chi connectivity index (χ3v) is 7.50. The van der Waals surface area contributed by atoms with E-state index in [1.165, 1.54) is 7.11 Å². The van der Waals surface area contributed by atoms with Gasteiger partial charge in [-0.25, -0.2) is 0 Å². The normalized spacial score (nSPS) is 14.1. The fourth-order valence-electron chi connectivity index (χ4n) is 3.63. The van der Waals surface area contributed by atoms with Crippen LogP contribution in [0.3, 0.4) is 0 Å². The number of hydrogen-bond acceptors (Lipinski definition) is 7. The van der Waals surface area contributed by atoms with Crippen LogP contribution < -0.4 is 19.5 Å². The molecule has 0 bridgehead atoms. The monoisotopic (exact) mass is 674 g/mol. The van der Waals surface area contributed by atoms with Gasteiger partial charge in [0.05, 0.1) is 23.1 Å². The third kappa shape index (κ3) is 7.43. The number of nitrogens with one attached hydrogen (secondary N) is 1. The van der Waals surface area contributed by atoms with Gasteiger partial charge in [0.25, 0.3) is 11.1 Å². The Morgan fingerprint density at radius 2 is 1.74 bits per heavy atom. The van der Waals surface area contributed by atoms with E-state index in [1.54, 1.807) is 42.5 Å². The number of imide groups is 1. The molecule has 1 aliphatic rings. The summed E-state index contributed by atoms with van der Waals surface area (Å²) in [7, 11) is 1.52. The molecule has 0 aliphatic carbocycles. The lowest BCUT2D eigenvalue weighted by Gasteiger charge is -2.14. The molecule has 3 aromatic carbocycles. The highest BCUT2D eigenvalue weighted by Crippen LogP contribution is 2.39. The molecule has 1 aliphatic heterocycles. The Labute approximate surface area is 246 Å². The number of methoxy groups -OCH3 is 1. The number of ether oxygens (including phenoxy) is 3. The summed E-state index contributed by atoms with van der Waals surface area (Å²) >= 11 is 7.71. The maximum absolute atomic E-state index is 13.0. The highest BCUT2D eigenvalue weighted by Gasteiger charge is 2.36. The van der Waals surface area contributed by atoms with Crippen LogP contribution in [0.2, 0.25) is 0 Å². The Balaban J connectivity index is 1.43. The maximum Gasteiger partial charge on any atom is 0.294 e. The molecule has 202 valence electrons. The van der Waals surface area contributed by atoms with Crippen molar-refractivity contribution < 1.29 is 28.6 Å². The smallest absolute Gasteiger partial charge is 0.294 e. The molecule has 0 spiro atoms. The van der Waals surface area contributed by atoms with E-state index >= 15 is 0 Å². The Morgan fingerprint density at radius 1 is 1.03 bits per heavy atom.